The van der Waals surface area contributed by atoms with Gasteiger partial charge in [0.05, 0.1) is 0 Å². The van der Waals surface area contributed by atoms with Gasteiger partial charge in [0.25, 0.3) is 0 Å². The first-order valence-corrected chi connectivity index (χ1v) is 9.78. The molecule has 0 spiro atoms. The van der Waals surface area contributed by atoms with Gasteiger partial charge in [0, 0.05) is 12.0 Å². The van der Waals surface area contributed by atoms with E-state index in [1.807, 2.05) is 6.92 Å². The zero-order valence-electron chi connectivity index (χ0n) is 16.9. The van der Waals surface area contributed by atoms with Crippen LogP contribution in [0.3, 0.4) is 0 Å². The number of unbranched alkanes of at least 4 members (excludes halogenated alkanes) is 4. The Labute approximate surface area is 153 Å². The van der Waals surface area contributed by atoms with Crippen molar-refractivity contribution < 1.29 is 9.53 Å². The van der Waals surface area contributed by atoms with Crippen LogP contribution in [0, 0.1) is 0 Å². The van der Waals surface area contributed by atoms with E-state index in [0.29, 0.717) is 6.42 Å². The van der Waals surface area contributed by atoms with Gasteiger partial charge < -0.3 is 4.74 Å². The van der Waals surface area contributed by atoms with Gasteiger partial charge in [-0.3, -0.25) is 4.79 Å². The average molecular weight is 343 g/mol. The van der Waals surface area contributed by atoms with Gasteiger partial charge in [-0.1, -0.05) is 65.5 Å². The number of Topliss-reactive ketones (excluding diaryl/α,β-unsaturated/α-hetero) is 1. The molecule has 0 saturated carbocycles. The van der Waals surface area contributed by atoms with Crippen molar-refractivity contribution in [3.05, 3.63) is 40.2 Å². The Hall–Kier alpha value is -1.57. The van der Waals surface area contributed by atoms with Gasteiger partial charge in [0.15, 0.2) is 5.78 Å². The molecule has 1 heterocycles. The van der Waals surface area contributed by atoms with Crippen LogP contribution in [0.4, 0.5) is 0 Å². The number of carbonyl (C=O) groups excluding carboxylic acids is 1. The van der Waals surface area contributed by atoms with Gasteiger partial charge in [-0.25, -0.2) is 0 Å². The molecule has 2 nitrogen and oxygen atoms in total. The predicted molar refractivity (Wildman–Crippen MR) is 105 cm³/mol. The van der Waals surface area contributed by atoms with E-state index >= 15 is 0 Å². The lowest BCUT2D eigenvalue weighted by atomic mass is 9.82. The minimum atomic E-state index is 0.0958. The third kappa shape index (κ3) is 4.96. The highest BCUT2D eigenvalue weighted by atomic mass is 16.5. The summed E-state index contributed by atoms with van der Waals surface area (Å²) in [5, 5.41) is 0. The first-order valence-electron chi connectivity index (χ1n) is 9.78. The number of allylic oxidation sites excluding steroid dienone is 2. The molecule has 0 aliphatic carbocycles. The predicted octanol–water partition coefficient (Wildman–Crippen LogP) is 6.29. The summed E-state index contributed by atoms with van der Waals surface area (Å²) in [7, 11) is 0. The standard InChI is InChI=1S/C23H34O2/c1-7-8-9-10-11-12-18-13-20(23(4,5)6)14-19-15-21(16(2)24)17(3)25-22(18)19/h13-14H,7-12,15H2,1-6H3. The topological polar surface area (TPSA) is 26.3 Å². The third-order valence-electron chi connectivity index (χ3n) is 5.13. The third-order valence-corrected chi connectivity index (χ3v) is 5.13. The van der Waals surface area contributed by atoms with Crippen LogP contribution in [0.2, 0.25) is 0 Å². The van der Waals surface area contributed by atoms with E-state index in [4.69, 9.17) is 4.74 Å². The molecule has 0 atom stereocenters. The molecule has 2 rings (SSSR count). The number of benzene rings is 1. The summed E-state index contributed by atoms with van der Waals surface area (Å²) in [4.78, 5) is 11.9. The molecule has 0 bridgehead atoms. The first-order chi connectivity index (χ1) is 11.7. The van der Waals surface area contributed by atoms with Crippen molar-refractivity contribution in [1.29, 1.82) is 0 Å². The van der Waals surface area contributed by atoms with Crippen LogP contribution in [0.5, 0.6) is 5.75 Å². The van der Waals surface area contributed by atoms with Crippen molar-refractivity contribution in [2.75, 3.05) is 0 Å². The molecule has 0 saturated heterocycles. The second-order valence-electron chi connectivity index (χ2n) is 8.41. The molecule has 1 aliphatic rings. The van der Waals surface area contributed by atoms with E-state index in [1.54, 1.807) is 6.92 Å². The lowest BCUT2D eigenvalue weighted by Crippen LogP contribution is -2.18. The maximum atomic E-state index is 11.9. The molecule has 0 aromatic heterocycles. The molecule has 0 radical (unpaired) electrons. The minimum absolute atomic E-state index is 0.0958. The lowest BCUT2D eigenvalue weighted by molar-refractivity contribution is -0.113. The second-order valence-corrected chi connectivity index (χ2v) is 8.41. The molecule has 0 unspecified atom stereocenters. The van der Waals surface area contributed by atoms with Crippen LogP contribution in [0.1, 0.15) is 90.3 Å². The summed E-state index contributed by atoms with van der Waals surface area (Å²) in [6, 6.07) is 4.57. The largest absolute Gasteiger partial charge is 0.461 e. The van der Waals surface area contributed by atoms with E-state index in [9.17, 15) is 4.79 Å². The highest BCUT2D eigenvalue weighted by Crippen LogP contribution is 2.38. The summed E-state index contributed by atoms with van der Waals surface area (Å²) < 4.78 is 6.14. The molecule has 0 amide bonds. The van der Waals surface area contributed by atoms with Crippen LogP contribution in [-0.4, -0.2) is 5.78 Å². The number of fused-ring (bicyclic) bond motifs is 1. The van der Waals surface area contributed by atoms with E-state index in [0.717, 1.165) is 23.5 Å². The Morgan fingerprint density at radius 2 is 1.80 bits per heavy atom. The van der Waals surface area contributed by atoms with E-state index in [-0.39, 0.29) is 11.2 Å². The lowest BCUT2D eigenvalue weighted by Gasteiger charge is -2.27. The molecule has 1 aromatic carbocycles. The Morgan fingerprint density at radius 1 is 1.12 bits per heavy atom. The SMILES string of the molecule is CCCCCCCc1cc(C(C)(C)C)cc2c1OC(C)=C(C(C)=O)C2. The van der Waals surface area contributed by atoms with Crippen molar-refractivity contribution in [3.63, 3.8) is 0 Å². The van der Waals surface area contributed by atoms with Crippen LogP contribution >= 0.6 is 0 Å². The second kappa shape index (κ2) is 8.21. The zero-order valence-corrected chi connectivity index (χ0v) is 16.9. The number of hydrogen-bond donors (Lipinski definition) is 0. The molecule has 138 valence electrons. The van der Waals surface area contributed by atoms with Crippen LogP contribution in [0.15, 0.2) is 23.5 Å². The van der Waals surface area contributed by atoms with Gasteiger partial charge in [-0.2, -0.15) is 0 Å². The quantitative estimate of drug-likeness (QED) is 0.544. The van der Waals surface area contributed by atoms with Crippen molar-refractivity contribution in [2.45, 2.75) is 91.9 Å². The monoisotopic (exact) mass is 342 g/mol. The van der Waals surface area contributed by atoms with Crippen molar-refractivity contribution in [1.82, 2.24) is 0 Å². The molecule has 2 heteroatoms. The van der Waals surface area contributed by atoms with Gasteiger partial charge in [-0.05, 0) is 48.8 Å². The maximum absolute atomic E-state index is 11.9. The Balaban J connectivity index is 2.31. The molecule has 1 aliphatic heterocycles. The fourth-order valence-electron chi connectivity index (χ4n) is 3.46. The highest BCUT2D eigenvalue weighted by molar-refractivity contribution is 5.94. The Bertz CT molecular complexity index is 659. The maximum Gasteiger partial charge on any atom is 0.159 e. The molecule has 0 fully saturated rings. The van der Waals surface area contributed by atoms with Gasteiger partial charge in [-0.15, -0.1) is 0 Å². The summed E-state index contributed by atoms with van der Waals surface area (Å²) in [6.45, 7) is 12.5. The van der Waals surface area contributed by atoms with Crippen LogP contribution < -0.4 is 4.74 Å². The van der Waals surface area contributed by atoms with Crippen molar-refractivity contribution in [3.8, 4) is 5.75 Å². The van der Waals surface area contributed by atoms with E-state index < -0.39 is 0 Å². The smallest absolute Gasteiger partial charge is 0.159 e. The molecular weight excluding hydrogens is 308 g/mol. The fraction of sp³-hybridized carbons (Fsp3) is 0.609. The minimum Gasteiger partial charge on any atom is -0.461 e. The summed E-state index contributed by atoms with van der Waals surface area (Å²) >= 11 is 0. The summed E-state index contributed by atoms with van der Waals surface area (Å²) in [5.41, 5.74) is 4.72. The number of hydrogen-bond acceptors (Lipinski definition) is 2. The number of ether oxygens (including phenoxy) is 1. The highest BCUT2D eigenvalue weighted by Gasteiger charge is 2.25. The van der Waals surface area contributed by atoms with Crippen LogP contribution in [0.25, 0.3) is 0 Å². The number of rotatable bonds is 7. The summed E-state index contributed by atoms with van der Waals surface area (Å²) in [6.07, 6.45) is 8.13. The number of carbonyl (C=O) groups is 1. The first kappa shape index (κ1) is 19.8. The van der Waals surface area contributed by atoms with Gasteiger partial charge in [0.2, 0.25) is 0 Å². The zero-order chi connectivity index (χ0) is 18.6. The normalized spacial score (nSPS) is 14.3. The number of aryl methyl sites for hydroxylation is 1. The average Bonchev–Trinajstić information content (AvgIpc) is 2.52. The molecule has 25 heavy (non-hydrogen) atoms. The molecule has 1 aromatic rings. The summed E-state index contributed by atoms with van der Waals surface area (Å²) in [5.74, 6) is 1.90. The molecule has 0 N–H and O–H groups in total. The Kier molecular flexibility index (Phi) is 6.48. The van der Waals surface area contributed by atoms with Gasteiger partial charge in [0.1, 0.15) is 11.5 Å². The van der Waals surface area contributed by atoms with Crippen molar-refractivity contribution in [2.24, 2.45) is 0 Å². The van der Waals surface area contributed by atoms with Crippen molar-refractivity contribution >= 4 is 5.78 Å². The fourth-order valence-corrected chi connectivity index (χ4v) is 3.46. The number of ketones is 1. The van der Waals surface area contributed by atoms with Gasteiger partial charge >= 0.3 is 0 Å². The van der Waals surface area contributed by atoms with Crippen LogP contribution in [-0.2, 0) is 23.1 Å². The van der Waals surface area contributed by atoms with E-state index in [2.05, 4.69) is 39.8 Å². The molecular formula is C23H34O2. The Morgan fingerprint density at radius 3 is 2.40 bits per heavy atom. The van der Waals surface area contributed by atoms with E-state index in [1.165, 1.54) is 48.8 Å².